The number of hydrogen-bond donors (Lipinski definition) is 1. The molecule has 0 saturated carbocycles. The first-order valence-electron chi connectivity index (χ1n) is 7.74. The minimum absolute atomic E-state index is 0.0935. The van der Waals surface area contributed by atoms with Crippen LogP contribution in [0.2, 0.25) is 0 Å². The number of nitrogens with zero attached hydrogens (tertiary/aromatic N) is 3. The first-order valence-corrected chi connectivity index (χ1v) is 7.74. The van der Waals surface area contributed by atoms with E-state index in [9.17, 15) is 28.1 Å². The first-order chi connectivity index (χ1) is 11.6. The number of hydrogen-bond acceptors (Lipinski definition) is 5. The van der Waals surface area contributed by atoms with E-state index in [0.29, 0.717) is 32.2 Å². The highest BCUT2D eigenvalue weighted by Gasteiger charge is 2.34. The Balaban J connectivity index is 2.18. The van der Waals surface area contributed by atoms with Gasteiger partial charge in [-0.2, -0.15) is 13.2 Å². The van der Waals surface area contributed by atoms with E-state index >= 15 is 0 Å². The Bertz CT molecular complexity index is 658. The van der Waals surface area contributed by atoms with E-state index in [1.807, 2.05) is 0 Å². The lowest BCUT2D eigenvalue weighted by Gasteiger charge is -2.36. The van der Waals surface area contributed by atoms with Crippen LogP contribution in [-0.4, -0.2) is 48.5 Å². The van der Waals surface area contributed by atoms with Gasteiger partial charge in [0.1, 0.15) is 5.69 Å². The number of anilines is 1. The number of carbonyl (C=O) groups is 1. The van der Waals surface area contributed by atoms with Gasteiger partial charge in [0.25, 0.3) is 5.69 Å². The van der Waals surface area contributed by atoms with Crippen molar-refractivity contribution in [1.82, 2.24) is 4.90 Å². The van der Waals surface area contributed by atoms with Crippen LogP contribution in [0.15, 0.2) is 18.2 Å². The number of rotatable bonds is 4. The molecule has 1 fully saturated rings. The highest BCUT2D eigenvalue weighted by atomic mass is 19.4. The fraction of sp³-hybridized carbons (Fsp3) is 0.533. The molecule has 1 aromatic carbocycles. The lowest BCUT2D eigenvalue weighted by molar-refractivity contribution is -0.384. The van der Waals surface area contributed by atoms with Crippen molar-refractivity contribution < 1.29 is 22.9 Å². The number of nitro groups is 1. The molecule has 2 N–H and O–H groups in total. The summed E-state index contributed by atoms with van der Waals surface area (Å²) in [6, 6.07) is 2.49. The molecule has 0 aliphatic carbocycles. The van der Waals surface area contributed by atoms with Gasteiger partial charge in [-0.1, -0.05) is 6.92 Å². The van der Waals surface area contributed by atoms with Crippen LogP contribution in [0.4, 0.5) is 24.5 Å². The summed E-state index contributed by atoms with van der Waals surface area (Å²) in [5.74, 6) is -0.406. The van der Waals surface area contributed by atoms with Crippen molar-refractivity contribution in [3.63, 3.8) is 0 Å². The number of nitrogens with two attached hydrogens (primary N) is 1. The molecular formula is C15H19F3N4O3. The van der Waals surface area contributed by atoms with Gasteiger partial charge in [0, 0.05) is 44.7 Å². The number of carbonyl (C=O) groups excluding carboxylic acids is 1. The highest BCUT2D eigenvalue weighted by Crippen LogP contribution is 2.36. The van der Waals surface area contributed by atoms with Crippen molar-refractivity contribution in [2.24, 2.45) is 11.7 Å². The van der Waals surface area contributed by atoms with Gasteiger partial charge in [-0.25, -0.2) is 0 Å². The van der Waals surface area contributed by atoms with Gasteiger partial charge in [0.15, 0.2) is 0 Å². The van der Waals surface area contributed by atoms with Crippen LogP contribution in [0.25, 0.3) is 0 Å². The standard InChI is InChI=1S/C15H19F3N4O3/c1-10(9-19)14(23)21-6-4-20(5-7-21)12-3-2-11(15(16,17)18)8-13(12)22(24)25/h2-3,8,10H,4-7,9,19H2,1H3. The van der Waals surface area contributed by atoms with Crippen molar-refractivity contribution in [2.45, 2.75) is 13.1 Å². The Morgan fingerprint density at radius 2 is 1.92 bits per heavy atom. The van der Waals surface area contributed by atoms with Crippen molar-refractivity contribution in [1.29, 1.82) is 0 Å². The van der Waals surface area contributed by atoms with Crippen LogP contribution in [0.5, 0.6) is 0 Å². The molecule has 1 aliphatic heterocycles. The summed E-state index contributed by atoms with van der Waals surface area (Å²) in [5.41, 5.74) is 3.94. The summed E-state index contributed by atoms with van der Waals surface area (Å²) in [4.78, 5) is 25.7. The van der Waals surface area contributed by atoms with Crippen LogP contribution in [0, 0.1) is 16.0 Å². The van der Waals surface area contributed by atoms with Crippen molar-refractivity contribution in [3.05, 3.63) is 33.9 Å². The molecule has 1 unspecified atom stereocenters. The zero-order valence-electron chi connectivity index (χ0n) is 13.6. The molecule has 1 heterocycles. The predicted molar refractivity (Wildman–Crippen MR) is 85.1 cm³/mol. The maximum atomic E-state index is 12.8. The van der Waals surface area contributed by atoms with Gasteiger partial charge < -0.3 is 15.5 Å². The van der Waals surface area contributed by atoms with Gasteiger partial charge in [-0.15, -0.1) is 0 Å². The maximum Gasteiger partial charge on any atom is 0.416 e. The summed E-state index contributed by atoms with van der Waals surface area (Å²) in [5, 5.41) is 11.2. The topological polar surface area (TPSA) is 92.7 Å². The summed E-state index contributed by atoms with van der Waals surface area (Å²) >= 11 is 0. The van der Waals surface area contributed by atoms with Gasteiger partial charge in [-0.05, 0) is 12.1 Å². The molecule has 0 radical (unpaired) electrons. The molecule has 1 aliphatic rings. The number of piperazine rings is 1. The van der Waals surface area contributed by atoms with E-state index in [4.69, 9.17) is 5.73 Å². The molecule has 1 amide bonds. The van der Waals surface area contributed by atoms with Gasteiger partial charge in [0.2, 0.25) is 5.91 Å². The lowest BCUT2D eigenvalue weighted by Crippen LogP contribution is -2.51. The minimum atomic E-state index is -4.65. The van der Waals surface area contributed by atoms with Gasteiger partial charge in [-0.3, -0.25) is 14.9 Å². The molecule has 0 aromatic heterocycles. The fourth-order valence-corrected chi connectivity index (χ4v) is 2.69. The average Bonchev–Trinajstić information content (AvgIpc) is 2.59. The zero-order chi connectivity index (χ0) is 18.8. The van der Waals surface area contributed by atoms with Crippen LogP contribution in [0.1, 0.15) is 12.5 Å². The van der Waals surface area contributed by atoms with E-state index in [2.05, 4.69) is 0 Å². The molecule has 7 nitrogen and oxygen atoms in total. The molecule has 138 valence electrons. The van der Waals surface area contributed by atoms with Crippen LogP contribution in [-0.2, 0) is 11.0 Å². The highest BCUT2D eigenvalue weighted by molar-refractivity contribution is 5.79. The monoisotopic (exact) mass is 360 g/mol. The molecule has 25 heavy (non-hydrogen) atoms. The second-order valence-electron chi connectivity index (χ2n) is 5.91. The van der Waals surface area contributed by atoms with E-state index in [0.717, 1.165) is 12.1 Å². The molecule has 2 rings (SSSR count). The normalized spacial score (nSPS) is 16.7. The Hall–Kier alpha value is -2.36. The van der Waals surface area contributed by atoms with E-state index < -0.39 is 22.4 Å². The van der Waals surface area contributed by atoms with E-state index in [1.165, 1.54) is 0 Å². The number of benzene rings is 1. The molecule has 10 heteroatoms. The first kappa shape index (κ1) is 19.0. The molecule has 0 bridgehead atoms. The second-order valence-corrected chi connectivity index (χ2v) is 5.91. The largest absolute Gasteiger partial charge is 0.416 e. The summed E-state index contributed by atoms with van der Waals surface area (Å²) in [6.07, 6.45) is -4.65. The third-order valence-corrected chi connectivity index (χ3v) is 4.21. The molecule has 0 spiro atoms. The molecule has 1 saturated heterocycles. The second kappa shape index (κ2) is 7.26. The predicted octanol–water partition coefficient (Wildman–Crippen LogP) is 1.86. The van der Waals surface area contributed by atoms with Crippen LogP contribution in [0.3, 0.4) is 0 Å². The zero-order valence-corrected chi connectivity index (χ0v) is 13.6. The summed E-state index contributed by atoms with van der Waals surface area (Å²) in [7, 11) is 0. The number of nitro benzene ring substituents is 1. The third kappa shape index (κ3) is 4.19. The Kier molecular flexibility index (Phi) is 5.51. The van der Waals surface area contributed by atoms with Crippen molar-refractivity contribution in [2.75, 3.05) is 37.6 Å². The SMILES string of the molecule is CC(CN)C(=O)N1CCN(c2ccc(C(F)(F)F)cc2[N+](=O)[O-])CC1. The van der Waals surface area contributed by atoms with Crippen molar-refractivity contribution >= 4 is 17.3 Å². The molecule has 1 atom stereocenters. The third-order valence-electron chi connectivity index (χ3n) is 4.21. The molecular weight excluding hydrogens is 341 g/mol. The average molecular weight is 360 g/mol. The maximum absolute atomic E-state index is 12.8. The van der Waals surface area contributed by atoms with Gasteiger partial charge in [0.05, 0.1) is 10.5 Å². The quantitative estimate of drug-likeness (QED) is 0.653. The van der Waals surface area contributed by atoms with Crippen LogP contribution < -0.4 is 10.6 Å². The van der Waals surface area contributed by atoms with Crippen molar-refractivity contribution in [3.8, 4) is 0 Å². The lowest BCUT2D eigenvalue weighted by atomic mass is 10.1. The number of halogens is 3. The van der Waals surface area contributed by atoms with E-state index in [-0.39, 0.29) is 24.1 Å². The summed E-state index contributed by atoms with van der Waals surface area (Å²) < 4.78 is 38.3. The minimum Gasteiger partial charge on any atom is -0.362 e. The van der Waals surface area contributed by atoms with E-state index in [1.54, 1.807) is 16.7 Å². The molecule has 1 aromatic rings. The summed E-state index contributed by atoms with van der Waals surface area (Å²) in [6.45, 7) is 3.21. The fourth-order valence-electron chi connectivity index (χ4n) is 2.69. The number of amides is 1. The van der Waals surface area contributed by atoms with Gasteiger partial charge >= 0.3 is 6.18 Å². The Morgan fingerprint density at radius 3 is 2.40 bits per heavy atom. The smallest absolute Gasteiger partial charge is 0.362 e. The Morgan fingerprint density at radius 1 is 1.32 bits per heavy atom. The van der Waals surface area contributed by atoms with Crippen LogP contribution >= 0.6 is 0 Å². The number of alkyl halides is 3. The Labute approximate surface area is 142 Å².